The van der Waals surface area contributed by atoms with E-state index in [1.807, 2.05) is 0 Å². The highest BCUT2D eigenvalue weighted by atomic mass is 15.2. The summed E-state index contributed by atoms with van der Waals surface area (Å²) in [5, 5.41) is 4.88. The fourth-order valence-electron chi connectivity index (χ4n) is 3.00. The van der Waals surface area contributed by atoms with Crippen molar-refractivity contribution in [1.29, 1.82) is 0 Å². The molecule has 1 saturated heterocycles. The first-order chi connectivity index (χ1) is 9.34. The summed E-state index contributed by atoms with van der Waals surface area (Å²) in [6, 6.07) is 9.22. The Morgan fingerprint density at radius 1 is 1.32 bits per heavy atom. The first-order valence-corrected chi connectivity index (χ1v) is 7.34. The summed E-state index contributed by atoms with van der Waals surface area (Å²) < 4.78 is 0. The number of benzene rings is 1. The third-order valence-corrected chi connectivity index (χ3v) is 4.21. The lowest BCUT2D eigenvalue weighted by Gasteiger charge is -2.26. The van der Waals surface area contributed by atoms with Gasteiger partial charge in [-0.15, -0.1) is 0 Å². The Labute approximate surface area is 115 Å². The number of nitrogens with zero attached hydrogens (tertiary/aromatic N) is 1. The second-order valence-corrected chi connectivity index (χ2v) is 5.55. The van der Waals surface area contributed by atoms with E-state index in [9.17, 15) is 0 Å². The van der Waals surface area contributed by atoms with Gasteiger partial charge in [0.2, 0.25) is 0 Å². The minimum Gasteiger partial charge on any atom is -0.361 e. The minimum absolute atomic E-state index is 0.646. The second-order valence-electron chi connectivity index (χ2n) is 5.55. The predicted octanol–water partition coefficient (Wildman–Crippen LogP) is 2.39. The molecule has 3 heteroatoms. The molecule has 3 rings (SSSR count). The maximum Gasteiger partial charge on any atom is 0.0456 e. The van der Waals surface area contributed by atoms with Crippen LogP contribution in [-0.4, -0.2) is 42.1 Å². The molecule has 0 saturated carbocycles. The molecule has 1 unspecified atom stereocenters. The van der Waals surface area contributed by atoms with E-state index in [-0.39, 0.29) is 0 Å². The van der Waals surface area contributed by atoms with Crippen molar-refractivity contribution in [3.8, 4) is 0 Å². The highest BCUT2D eigenvalue weighted by molar-refractivity contribution is 5.83. The molecule has 0 radical (unpaired) electrons. The van der Waals surface area contributed by atoms with Gasteiger partial charge in [-0.2, -0.15) is 0 Å². The van der Waals surface area contributed by atoms with Crippen molar-refractivity contribution in [3.05, 3.63) is 36.0 Å². The molecule has 0 bridgehead atoms. The van der Waals surface area contributed by atoms with Gasteiger partial charge in [-0.1, -0.05) is 18.2 Å². The Hall–Kier alpha value is -1.32. The van der Waals surface area contributed by atoms with Crippen molar-refractivity contribution < 1.29 is 0 Å². The van der Waals surface area contributed by atoms with Crippen molar-refractivity contribution in [1.82, 2.24) is 15.2 Å². The van der Waals surface area contributed by atoms with Gasteiger partial charge < -0.3 is 10.3 Å². The smallest absolute Gasteiger partial charge is 0.0456 e. The van der Waals surface area contributed by atoms with E-state index in [1.54, 1.807) is 0 Å². The molecule has 2 aromatic rings. The fourth-order valence-corrected chi connectivity index (χ4v) is 3.00. The van der Waals surface area contributed by atoms with Gasteiger partial charge in [0, 0.05) is 36.2 Å². The number of aromatic nitrogens is 1. The number of fused-ring (bicyclic) bond motifs is 1. The average Bonchev–Trinajstić information content (AvgIpc) is 2.73. The van der Waals surface area contributed by atoms with Gasteiger partial charge in [0.25, 0.3) is 0 Å². The quantitative estimate of drug-likeness (QED) is 0.884. The highest BCUT2D eigenvalue weighted by Gasteiger charge is 2.16. The minimum atomic E-state index is 0.646. The summed E-state index contributed by atoms with van der Waals surface area (Å²) in [5.41, 5.74) is 2.70. The molecule has 2 N–H and O–H groups in total. The van der Waals surface area contributed by atoms with Gasteiger partial charge in [0.15, 0.2) is 0 Å². The molecule has 2 heterocycles. The fraction of sp³-hybridized carbons (Fsp3) is 0.500. The zero-order valence-corrected chi connectivity index (χ0v) is 11.7. The molecule has 19 heavy (non-hydrogen) atoms. The zero-order valence-electron chi connectivity index (χ0n) is 11.7. The Balaban J connectivity index is 1.68. The summed E-state index contributed by atoms with van der Waals surface area (Å²) in [7, 11) is 0. The van der Waals surface area contributed by atoms with Crippen molar-refractivity contribution in [3.63, 3.8) is 0 Å². The van der Waals surface area contributed by atoms with E-state index >= 15 is 0 Å². The van der Waals surface area contributed by atoms with Gasteiger partial charge in [0.1, 0.15) is 0 Å². The SMILES string of the molecule is CC1CNCCCN1CCc1c[nH]c2ccccc12. The van der Waals surface area contributed by atoms with Gasteiger partial charge in [0.05, 0.1) is 0 Å². The van der Waals surface area contributed by atoms with Crippen molar-refractivity contribution in [2.75, 3.05) is 26.2 Å². The number of hydrogen-bond donors (Lipinski definition) is 2. The number of aromatic amines is 1. The van der Waals surface area contributed by atoms with Crippen LogP contribution in [0.25, 0.3) is 10.9 Å². The molecule has 1 aliphatic heterocycles. The molecule has 1 aliphatic rings. The zero-order chi connectivity index (χ0) is 13.1. The average molecular weight is 257 g/mol. The Bertz CT molecular complexity index is 532. The van der Waals surface area contributed by atoms with Crippen LogP contribution in [0.15, 0.2) is 30.5 Å². The number of para-hydroxylation sites is 1. The van der Waals surface area contributed by atoms with Crippen LogP contribution in [0, 0.1) is 0 Å². The summed E-state index contributed by atoms with van der Waals surface area (Å²) in [6.45, 7) is 6.98. The summed E-state index contributed by atoms with van der Waals surface area (Å²) in [6.07, 6.45) is 4.57. The monoisotopic (exact) mass is 257 g/mol. The van der Waals surface area contributed by atoms with Crippen LogP contribution in [0.5, 0.6) is 0 Å². The van der Waals surface area contributed by atoms with Crippen LogP contribution in [0.2, 0.25) is 0 Å². The van der Waals surface area contributed by atoms with Crippen molar-refractivity contribution >= 4 is 10.9 Å². The van der Waals surface area contributed by atoms with E-state index < -0.39 is 0 Å². The van der Waals surface area contributed by atoms with E-state index in [2.05, 4.69) is 52.6 Å². The standard InChI is InChI=1S/C16H23N3/c1-13-11-17-8-4-9-19(13)10-7-14-12-18-16-6-3-2-5-15(14)16/h2-3,5-6,12-13,17-18H,4,7-11H2,1H3. The van der Waals surface area contributed by atoms with Gasteiger partial charge in [-0.3, -0.25) is 4.90 Å². The van der Waals surface area contributed by atoms with E-state index in [0.717, 1.165) is 26.1 Å². The molecule has 1 atom stereocenters. The van der Waals surface area contributed by atoms with Gasteiger partial charge in [-0.25, -0.2) is 0 Å². The Morgan fingerprint density at radius 3 is 3.16 bits per heavy atom. The third kappa shape index (κ3) is 2.82. The van der Waals surface area contributed by atoms with Crippen LogP contribution in [0.4, 0.5) is 0 Å². The van der Waals surface area contributed by atoms with Crippen LogP contribution in [0.1, 0.15) is 18.9 Å². The number of nitrogens with one attached hydrogen (secondary N) is 2. The maximum absolute atomic E-state index is 3.50. The molecule has 0 amide bonds. The van der Waals surface area contributed by atoms with Crippen LogP contribution >= 0.6 is 0 Å². The van der Waals surface area contributed by atoms with E-state index in [1.165, 1.54) is 29.4 Å². The lowest BCUT2D eigenvalue weighted by molar-refractivity contribution is 0.225. The summed E-state index contributed by atoms with van der Waals surface area (Å²) in [4.78, 5) is 5.98. The summed E-state index contributed by atoms with van der Waals surface area (Å²) in [5.74, 6) is 0. The molecule has 1 aromatic heterocycles. The van der Waals surface area contributed by atoms with Crippen molar-refractivity contribution in [2.45, 2.75) is 25.8 Å². The normalized spacial score (nSPS) is 21.6. The molecule has 1 aromatic carbocycles. The molecule has 3 nitrogen and oxygen atoms in total. The van der Waals surface area contributed by atoms with Crippen molar-refractivity contribution in [2.24, 2.45) is 0 Å². The number of rotatable bonds is 3. The van der Waals surface area contributed by atoms with Crippen LogP contribution < -0.4 is 5.32 Å². The number of hydrogen-bond acceptors (Lipinski definition) is 2. The predicted molar refractivity (Wildman–Crippen MR) is 80.5 cm³/mol. The molecule has 102 valence electrons. The largest absolute Gasteiger partial charge is 0.361 e. The topological polar surface area (TPSA) is 31.1 Å². The third-order valence-electron chi connectivity index (χ3n) is 4.21. The Kier molecular flexibility index (Phi) is 3.85. The summed E-state index contributed by atoms with van der Waals surface area (Å²) >= 11 is 0. The van der Waals surface area contributed by atoms with Crippen LogP contribution in [0.3, 0.4) is 0 Å². The Morgan fingerprint density at radius 2 is 2.21 bits per heavy atom. The lowest BCUT2D eigenvalue weighted by atomic mass is 10.1. The molecule has 1 fully saturated rings. The first-order valence-electron chi connectivity index (χ1n) is 7.34. The first kappa shape index (κ1) is 12.7. The molecular weight excluding hydrogens is 234 g/mol. The van der Waals surface area contributed by atoms with Gasteiger partial charge in [-0.05, 0) is 44.5 Å². The van der Waals surface area contributed by atoms with E-state index in [4.69, 9.17) is 0 Å². The molecule has 0 spiro atoms. The highest BCUT2D eigenvalue weighted by Crippen LogP contribution is 2.18. The molecule has 0 aliphatic carbocycles. The number of H-pyrrole nitrogens is 1. The van der Waals surface area contributed by atoms with Gasteiger partial charge >= 0.3 is 0 Å². The van der Waals surface area contributed by atoms with Crippen LogP contribution in [-0.2, 0) is 6.42 Å². The maximum atomic E-state index is 3.50. The van der Waals surface area contributed by atoms with E-state index in [0.29, 0.717) is 6.04 Å². The lowest BCUT2D eigenvalue weighted by Crippen LogP contribution is -2.38. The second kappa shape index (κ2) is 5.76. The molecular formula is C16H23N3.